The van der Waals surface area contributed by atoms with E-state index in [4.69, 9.17) is 0 Å². The maximum atomic E-state index is 10.9. The Balaban J connectivity index is 2.73. The third-order valence-electron chi connectivity index (χ3n) is 2.63. The molecular weight excluding hydrogens is 256 g/mol. The molecule has 1 aromatic rings. The average Bonchev–Trinajstić information content (AvgIpc) is 2.51. The fourth-order valence-electron chi connectivity index (χ4n) is 1.51. The third-order valence-corrected chi connectivity index (χ3v) is 2.63. The number of nitroso groups, excluding NO2 is 1. The predicted octanol–water partition coefficient (Wildman–Crippen LogP) is 2.18. The van der Waals surface area contributed by atoms with E-state index >= 15 is 0 Å². The molecule has 1 heterocycles. The molecule has 0 aliphatic heterocycles. The standard InChI is InChI=1S/C14H17N4O2/c1-3-12(13-11-15-7-8-16-13)5-9-18(4-2)10-6-14(19)17-20/h3-5,7-9,11H,6,10H2,1-2H3/q+1/b9-5-,12-3+,18-4-. The maximum Gasteiger partial charge on any atom is 0.292 e. The number of carbonyl (C=O) groups excluding carboxylic acids is 1. The number of carbonyl (C=O) groups is 1. The van der Waals surface area contributed by atoms with Crippen LogP contribution in [0, 0.1) is 4.91 Å². The summed E-state index contributed by atoms with van der Waals surface area (Å²) < 4.78 is 1.81. The molecule has 0 unspecified atom stereocenters. The Morgan fingerprint density at radius 3 is 2.75 bits per heavy atom. The first-order valence-corrected chi connectivity index (χ1v) is 6.23. The van der Waals surface area contributed by atoms with Gasteiger partial charge in [0.25, 0.3) is 5.91 Å². The summed E-state index contributed by atoms with van der Waals surface area (Å²) in [6.45, 7) is 4.17. The first-order valence-electron chi connectivity index (χ1n) is 6.23. The molecule has 6 heteroatoms. The monoisotopic (exact) mass is 273 g/mol. The Labute approximate surface area is 117 Å². The number of amides is 1. The molecule has 0 N–H and O–H groups in total. The molecule has 1 amide bonds. The largest absolute Gasteiger partial charge is 0.292 e. The van der Waals surface area contributed by atoms with Crippen molar-refractivity contribution in [1.29, 1.82) is 0 Å². The van der Waals surface area contributed by atoms with Gasteiger partial charge in [-0.15, -0.1) is 4.91 Å². The van der Waals surface area contributed by atoms with Gasteiger partial charge in [-0.05, 0) is 6.92 Å². The van der Waals surface area contributed by atoms with E-state index in [9.17, 15) is 9.70 Å². The Morgan fingerprint density at radius 1 is 1.40 bits per heavy atom. The van der Waals surface area contributed by atoms with Gasteiger partial charge in [-0.1, -0.05) is 6.08 Å². The highest BCUT2D eigenvalue weighted by atomic mass is 16.3. The van der Waals surface area contributed by atoms with Crippen LogP contribution in [0.25, 0.3) is 5.57 Å². The lowest BCUT2D eigenvalue weighted by atomic mass is 10.2. The van der Waals surface area contributed by atoms with E-state index in [-0.39, 0.29) is 6.42 Å². The molecule has 0 saturated heterocycles. The number of rotatable bonds is 6. The van der Waals surface area contributed by atoms with Gasteiger partial charge in [-0.3, -0.25) is 14.8 Å². The number of hydrogen-bond donors (Lipinski definition) is 0. The summed E-state index contributed by atoms with van der Waals surface area (Å²) in [6.07, 6.45) is 12.5. The highest BCUT2D eigenvalue weighted by molar-refractivity contribution is 5.76. The van der Waals surface area contributed by atoms with Gasteiger partial charge in [0, 0.05) is 36.1 Å². The predicted molar refractivity (Wildman–Crippen MR) is 77.1 cm³/mol. The molecule has 20 heavy (non-hydrogen) atoms. The van der Waals surface area contributed by atoms with Crippen LogP contribution in [0.15, 0.2) is 42.1 Å². The van der Waals surface area contributed by atoms with Gasteiger partial charge in [-0.25, -0.2) is 4.58 Å². The quantitative estimate of drug-likeness (QED) is 0.344. The second kappa shape index (κ2) is 8.58. The highest BCUT2D eigenvalue weighted by Gasteiger charge is 2.06. The second-order valence-electron chi connectivity index (χ2n) is 3.88. The minimum Gasteiger partial charge on any atom is -0.269 e. The van der Waals surface area contributed by atoms with Crippen molar-refractivity contribution in [2.75, 3.05) is 6.54 Å². The summed E-state index contributed by atoms with van der Waals surface area (Å²) in [5.74, 6) is -0.648. The van der Waals surface area contributed by atoms with Crippen LogP contribution in [0.2, 0.25) is 0 Å². The Bertz CT molecular complexity index is 548. The lowest BCUT2D eigenvalue weighted by Gasteiger charge is -1.99. The zero-order valence-electron chi connectivity index (χ0n) is 11.6. The van der Waals surface area contributed by atoms with Crippen molar-refractivity contribution in [3.63, 3.8) is 0 Å². The molecule has 0 atom stereocenters. The van der Waals surface area contributed by atoms with Crippen LogP contribution >= 0.6 is 0 Å². The number of hydrogen-bond acceptors (Lipinski definition) is 4. The lowest BCUT2D eigenvalue weighted by molar-refractivity contribution is -0.451. The SMILES string of the molecule is C\C=C(/C=C\[N+](=C\C)CCC(=O)N=O)c1cnccn1. The first kappa shape index (κ1) is 15.6. The van der Waals surface area contributed by atoms with Gasteiger partial charge in [0.05, 0.1) is 18.3 Å². The minimum absolute atomic E-state index is 0.0918. The van der Waals surface area contributed by atoms with E-state index in [0.717, 1.165) is 11.3 Å². The average molecular weight is 273 g/mol. The molecule has 6 nitrogen and oxygen atoms in total. The zero-order chi connectivity index (χ0) is 14.8. The molecule has 0 aromatic carbocycles. The molecule has 0 radical (unpaired) electrons. The summed E-state index contributed by atoms with van der Waals surface area (Å²) in [4.78, 5) is 29.1. The number of allylic oxidation sites excluding steroid dienone is 3. The van der Waals surface area contributed by atoms with Crippen molar-refractivity contribution in [2.45, 2.75) is 20.3 Å². The van der Waals surface area contributed by atoms with E-state index in [2.05, 4.69) is 15.1 Å². The lowest BCUT2D eigenvalue weighted by Crippen LogP contribution is -2.10. The molecule has 0 saturated carbocycles. The fourth-order valence-corrected chi connectivity index (χ4v) is 1.51. The summed E-state index contributed by atoms with van der Waals surface area (Å²) in [6, 6.07) is 0. The van der Waals surface area contributed by atoms with Crippen molar-refractivity contribution < 1.29 is 9.37 Å². The minimum atomic E-state index is -0.648. The molecule has 1 rings (SSSR count). The molecule has 1 aromatic heterocycles. The van der Waals surface area contributed by atoms with Gasteiger partial charge in [0.15, 0.2) is 12.7 Å². The van der Waals surface area contributed by atoms with E-state index in [1.165, 1.54) is 0 Å². The zero-order valence-corrected chi connectivity index (χ0v) is 11.6. The summed E-state index contributed by atoms with van der Waals surface area (Å²) >= 11 is 0. The van der Waals surface area contributed by atoms with E-state index in [1.807, 2.05) is 43.0 Å². The van der Waals surface area contributed by atoms with Gasteiger partial charge < -0.3 is 0 Å². The van der Waals surface area contributed by atoms with Gasteiger partial charge in [-0.2, -0.15) is 0 Å². The highest BCUT2D eigenvalue weighted by Crippen LogP contribution is 2.11. The fraction of sp³-hybridized carbons (Fsp3) is 0.286. The van der Waals surface area contributed by atoms with Crippen molar-refractivity contribution in [3.8, 4) is 0 Å². The smallest absolute Gasteiger partial charge is 0.269 e. The van der Waals surface area contributed by atoms with Crippen molar-refractivity contribution in [1.82, 2.24) is 9.97 Å². The summed E-state index contributed by atoms with van der Waals surface area (Å²) in [7, 11) is 0. The molecule has 0 fully saturated rings. The van der Waals surface area contributed by atoms with E-state index in [0.29, 0.717) is 6.54 Å². The van der Waals surface area contributed by atoms with Gasteiger partial charge in [0.2, 0.25) is 0 Å². The third kappa shape index (κ3) is 5.01. The normalized spacial score (nSPS) is 12.7. The van der Waals surface area contributed by atoms with Gasteiger partial charge >= 0.3 is 0 Å². The maximum absolute atomic E-state index is 10.9. The molecular formula is C14H17N4O2+. The van der Waals surface area contributed by atoms with Crippen molar-refractivity contribution >= 4 is 17.7 Å². The molecule has 0 aliphatic carbocycles. The van der Waals surface area contributed by atoms with E-state index < -0.39 is 5.91 Å². The van der Waals surface area contributed by atoms with Gasteiger partial charge in [0.1, 0.15) is 6.21 Å². The Kier molecular flexibility index (Phi) is 6.67. The topological polar surface area (TPSA) is 75.3 Å². The molecule has 0 aliphatic rings. The van der Waals surface area contributed by atoms with E-state index in [1.54, 1.807) is 18.6 Å². The van der Waals surface area contributed by atoms with Crippen molar-refractivity contribution in [2.24, 2.45) is 5.18 Å². The molecule has 0 bridgehead atoms. The van der Waals surface area contributed by atoms with Crippen LogP contribution < -0.4 is 0 Å². The second-order valence-corrected chi connectivity index (χ2v) is 3.88. The first-order chi connectivity index (χ1) is 9.71. The Hall–Kier alpha value is -2.50. The van der Waals surface area contributed by atoms with Crippen LogP contribution in [0.4, 0.5) is 0 Å². The molecule has 0 spiro atoms. The Morgan fingerprint density at radius 2 is 2.20 bits per heavy atom. The van der Waals surface area contributed by atoms with Crippen LogP contribution in [0.1, 0.15) is 26.0 Å². The number of nitrogens with zero attached hydrogens (tertiary/aromatic N) is 4. The summed E-state index contributed by atoms with van der Waals surface area (Å²) in [5, 5.41) is 2.37. The molecule has 104 valence electrons. The van der Waals surface area contributed by atoms with Crippen LogP contribution in [-0.4, -0.2) is 33.2 Å². The number of aromatic nitrogens is 2. The van der Waals surface area contributed by atoms with Crippen LogP contribution in [0.5, 0.6) is 0 Å². The van der Waals surface area contributed by atoms with Crippen LogP contribution in [0.3, 0.4) is 0 Å². The summed E-state index contributed by atoms with van der Waals surface area (Å²) in [5.41, 5.74) is 1.69. The van der Waals surface area contributed by atoms with Crippen LogP contribution in [-0.2, 0) is 4.79 Å². The van der Waals surface area contributed by atoms with Crippen molar-refractivity contribution in [3.05, 3.63) is 47.5 Å².